The van der Waals surface area contributed by atoms with Crippen molar-refractivity contribution < 1.29 is 9.53 Å². The number of aryl methyl sites for hydroxylation is 2. The molecule has 1 rings (SSSR count). The van der Waals surface area contributed by atoms with Crippen molar-refractivity contribution in [3.8, 4) is 0 Å². The number of methoxy groups -OCH3 is 1. The van der Waals surface area contributed by atoms with Crippen LogP contribution in [-0.2, 0) is 23.1 Å². The second-order valence-corrected chi connectivity index (χ2v) is 3.95. The summed E-state index contributed by atoms with van der Waals surface area (Å²) in [6, 6.07) is 0. The molecule has 0 aromatic carbocycles. The summed E-state index contributed by atoms with van der Waals surface area (Å²) in [5.74, 6) is -0.197. The van der Waals surface area contributed by atoms with Crippen LogP contribution in [0.25, 0.3) is 0 Å². The third-order valence-electron chi connectivity index (χ3n) is 2.89. The van der Waals surface area contributed by atoms with Crippen molar-refractivity contribution in [1.82, 2.24) is 15.1 Å². The molecule has 0 aliphatic carbocycles. The SMILES string of the molecule is COC(CN)C(=O)NCc1c(C)nn(C)c1C. The molecule has 1 atom stereocenters. The van der Waals surface area contributed by atoms with Crippen LogP contribution >= 0.6 is 0 Å². The summed E-state index contributed by atoms with van der Waals surface area (Å²) in [4.78, 5) is 11.7. The molecule has 0 fully saturated rings. The van der Waals surface area contributed by atoms with Gasteiger partial charge in [0, 0.05) is 38.5 Å². The Morgan fingerprint density at radius 1 is 1.59 bits per heavy atom. The zero-order valence-electron chi connectivity index (χ0n) is 10.8. The average molecular weight is 240 g/mol. The summed E-state index contributed by atoms with van der Waals surface area (Å²) in [5, 5.41) is 7.08. The summed E-state index contributed by atoms with van der Waals surface area (Å²) in [6.45, 7) is 4.51. The molecule has 0 radical (unpaired) electrons. The van der Waals surface area contributed by atoms with E-state index in [0.29, 0.717) is 6.54 Å². The molecule has 1 amide bonds. The number of ether oxygens (including phenoxy) is 1. The second-order valence-electron chi connectivity index (χ2n) is 3.95. The van der Waals surface area contributed by atoms with Gasteiger partial charge in [0.15, 0.2) is 0 Å². The number of nitrogens with zero attached hydrogens (tertiary/aromatic N) is 2. The Balaban J connectivity index is 2.64. The Morgan fingerprint density at radius 2 is 2.24 bits per heavy atom. The monoisotopic (exact) mass is 240 g/mol. The molecule has 96 valence electrons. The minimum Gasteiger partial charge on any atom is -0.370 e. The zero-order valence-corrected chi connectivity index (χ0v) is 10.8. The first-order chi connectivity index (χ1) is 8.01. The maximum absolute atomic E-state index is 11.7. The first-order valence-electron chi connectivity index (χ1n) is 5.50. The van der Waals surface area contributed by atoms with Crippen molar-refractivity contribution in [1.29, 1.82) is 0 Å². The molecule has 0 aliphatic rings. The van der Waals surface area contributed by atoms with Gasteiger partial charge in [0.1, 0.15) is 6.10 Å². The molecule has 17 heavy (non-hydrogen) atoms. The van der Waals surface area contributed by atoms with E-state index in [2.05, 4.69) is 10.4 Å². The number of nitrogens with two attached hydrogens (primary N) is 1. The fourth-order valence-electron chi connectivity index (χ4n) is 1.67. The van der Waals surface area contributed by atoms with Crippen LogP contribution in [0.1, 0.15) is 17.0 Å². The van der Waals surface area contributed by atoms with Gasteiger partial charge in [0.05, 0.1) is 5.69 Å². The number of carbonyl (C=O) groups is 1. The van der Waals surface area contributed by atoms with Crippen LogP contribution in [0.2, 0.25) is 0 Å². The lowest BCUT2D eigenvalue weighted by Gasteiger charge is -2.13. The highest BCUT2D eigenvalue weighted by Gasteiger charge is 2.16. The van der Waals surface area contributed by atoms with Crippen molar-refractivity contribution in [2.75, 3.05) is 13.7 Å². The Bertz CT molecular complexity index is 396. The molecule has 3 N–H and O–H groups in total. The van der Waals surface area contributed by atoms with Gasteiger partial charge in [-0.25, -0.2) is 0 Å². The Morgan fingerprint density at radius 3 is 2.65 bits per heavy atom. The highest BCUT2D eigenvalue weighted by atomic mass is 16.5. The molecule has 1 aromatic heterocycles. The molecule has 0 aliphatic heterocycles. The number of hydrogen-bond acceptors (Lipinski definition) is 4. The maximum Gasteiger partial charge on any atom is 0.250 e. The van der Waals surface area contributed by atoms with E-state index in [-0.39, 0.29) is 12.5 Å². The van der Waals surface area contributed by atoms with Crippen LogP contribution < -0.4 is 11.1 Å². The van der Waals surface area contributed by atoms with Gasteiger partial charge in [0.2, 0.25) is 0 Å². The lowest BCUT2D eigenvalue weighted by molar-refractivity contribution is -0.130. The van der Waals surface area contributed by atoms with Gasteiger partial charge >= 0.3 is 0 Å². The Hall–Kier alpha value is -1.40. The fourth-order valence-corrected chi connectivity index (χ4v) is 1.67. The van der Waals surface area contributed by atoms with Gasteiger partial charge in [-0.3, -0.25) is 9.48 Å². The number of carbonyl (C=O) groups excluding carboxylic acids is 1. The molecule has 6 nitrogen and oxygen atoms in total. The van der Waals surface area contributed by atoms with Crippen molar-refractivity contribution in [3.05, 3.63) is 17.0 Å². The van der Waals surface area contributed by atoms with Crippen molar-refractivity contribution in [2.24, 2.45) is 12.8 Å². The van der Waals surface area contributed by atoms with Crippen molar-refractivity contribution >= 4 is 5.91 Å². The normalized spacial score (nSPS) is 12.5. The lowest BCUT2D eigenvalue weighted by atomic mass is 10.2. The van der Waals surface area contributed by atoms with Gasteiger partial charge in [-0.15, -0.1) is 0 Å². The number of aromatic nitrogens is 2. The molecule has 0 spiro atoms. The third-order valence-corrected chi connectivity index (χ3v) is 2.89. The van der Waals surface area contributed by atoms with Crippen LogP contribution in [0, 0.1) is 13.8 Å². The van der Waals surface area contributed by atoms with E-state index in [1.807, 2.05) is 20.9 Å². The lowest BCUT2D eigenvalue weighted by Crippen LogP contribution is -2.40. The van der Waals surface area contributed by atoms with Crippen molar-refractivity contribution in [3.63, 3.8) is 0 Å². The van der Waals surface area contributed by atoms with Gasteiger partial charge < -0.3 is 15.8 Å². The Kier molecular flexibility index (Phi) is 4.65. The summed E-state index contributed by atoms with van der Waals surface area (Å²) < 4.78 is 6.76. The van der Waals surface area contributed by atoms with E-state index < -0.39 is 6.10 Å². The van der Waals surface area contributed by atoms with E-state index >= 15 is 0 Å². The third kappa shape index (κ3) is 3.04. The van der Waals surface area contributed by atoms with E-state index in [4.69, 9.17) is 10.5 Å². The smallest absolute Gasteiger partial charge is 0.250 e. The first-order valence-corrected chi connectivity index (χ1v) is 5.50. The summed E-state index contributed by atoms with van der Waals surface area (Å²) in [5.41, 5.74) is 8.42. The molecule has 0 bridgehead atoms. The minimum absolute atomic E-state index is 0.174. The Labute approximate surface area is 101 Å². The molecular formula is C11H20N4O2. The van der Waals surface area contributed by atoms with Gasteiger partial charge in [-0.05, 0) is 13.8 Å². The van der Waals surface area contributed by atoms with Gasteiger partial charge in [0.25, 0.3) is 5.91 Å². The molecule has 1 aromatic rings. The van der Waals surface area contributed by atoms with Crippen LogP contribution in [0.3, 0.4) is 0 Å². The number of nitrogens with one attached hydrogen (secondary N) is 1. The molecule has 0 saturated carbocycles. The predicted molar refractivity (Wildman–Crippen MR) is 64.4 cm³/mol. The molecule has 0 saturated heterocycles. The van der Waals surface area contributed by atoms with E-state index in [0.717, 1.165) is 17.0 Å². The van der Waals surface area contributed by atoms with Gasteiger partial charge in [-0.2, -0.15) is 5.10 Å². The molecule has 6 heteroatoms. The topological polar surface area (TPSA) is 82.2 Å². The van der Waals surface area contributed by atoms with Gasteiger partial charge in [-0.1, -0.05) is 0 Å². The molecular weight excluding hydrogens is 220 g/mol. The summed E-state index contributed by atoms with van der Waals surface area (Å²) in [7, 11) is 3.35. The number of hydrogen-bond donors (Lipinski definition) is 2. The summed E-state index contributed by atoms with van der Waals surface area (Å²) >= 11 is 0. The molecule has 1 heterocycles. The minimum atomic E-state index is -0.590. The average Bonchev–Trinajstić information content (AvgIpc) is 2.53. The number of amides is 1. The van der Waals surface area contributed by atoms with Crippen molar-refractivity contribution in [2.45, 2.75) is 26.5 Å². The highest BCUT2D eigenvalue weighted by molar-refractivity contribution is 5.81. The van der Waals surface area contributed by atoms with Crippen LogP contribution in [0.5, 0.6) is 0 Å². The fraction of sp³-hybridized carbons (Fsp3) is 0.636. The predicted octanol–water partition coefficient (Wildman–Crippen LogP) is -0.373. The van der Waals surface area contributed by atoms with Crippen LogP contribution in [-0.4, -0.2) is 35.4 Å². The van der Waals surface area contributed by atoms with Crippen LogP contribution in [0.15, 0.2) is 0 Å². The zero-order chi connectivity index (χ0) is 13.0. The van der Waals surface area contributed by atoms with Crippen LogP contribution in [0.4, 0.5) is 0 Å². The van der Waals surface area contributed by atoms with E-state index in [1.165, 1.54) is 7.11 Å². The second kappa shape index (κ2) is 5.79. The number of rotatable bonds is 5. The standard InChI is InChI=1S/C11H20N4O2/c1-7-9(8(2)15(3)14-7)6-13-11(16)10(5-12)17-4/h10H,5-6,12H2,1-4H3,(H,13,16). The molecule has 1 unspecified atom stereocenters. The maximum atomic E-state index is 11.7. The van der Waals surface area contributed by atoms with E-state index in [1.54, 1.807) is 4.68 Å². The highest BCUT2D eigenvalue weighted by Crippen LogP contribution is 2.11. The quantitative estimate of drug-likeness (QED) is 0.735. The van der Waals surface area contributed by atoms with E-state index in [9.17, 15) is 4.79 Å². The first kappa shape index (κ1) is 13.7. The summed E-state index contributed by atoms with van der Waals surface area (Å²) in [6.07, 6.45) is -0.590. The largest absolute Gasteiger partial charge is 0.370 e.